The van der Waals surface area contributed by atoms with E-state index in [0.29, 0.717) is 19.7 Å². The van der Waals surface area contributed by atoms with Crippen LogP contribution >= 0.6 is 0 Å². The van der Waals surface area contributed by atoms with E-state index in [4.69, 9.17) is 9.15 Å². The maximum absolute atomic E-state index is 11.8. The Hall–Kier alpha value is -1.85. The highest BCUT2D eigenvalue weighted by molar-refractivity contribution is 5.81. The van der Waals surface area contributed by atoms with Gasteiger partial charge in [-0.2, -0.15) is 0 Å². The zero-order valence-corrected chi connectivity index (χ0v) is 11.8. The SMILES string of the molecule is COCCNC(=O)C(C)NCc1cc2ccccc2o1. The van der Waals surface area contributed by atoms with Gasteiger partial charge in [-0.25, -0.2) is 0 Å². The minimum Gasteiger partial charge on any atom is -0.460 e. The van der Waals surface area contributed by atoms with Crippen LogP contribution in [0.3, 0.4) is 0 Å². The van der Waals surface area contributed by atoms with Crippen LogP contribution in [0.5, 0.6) is 0 Å². The van der Waals surface area contributed by atoms with Crippen LogP contribution in [0, 0.1) is 0 Å². The minimum atomic E-state index is -0.278. The number of nitrogens with one attached hydrogen (secondary N) is 2. The minimum absolute atomic E-state index is 0.0434. The van der Waals surface area contributed by atoms with Crippen molar-refractivity contribution in [2.24, 2.45) is 0 Å². The van der Waals surface area contributed by atoms with Crippen LogP contribution in [0.1, 0.15) is 12.7 Å². The number of amides is 1. The molecular formula is C15H20N2O3. The van der Waals surface area contributed by atoms with Crippen LogP contribution < -0.4 is 10.6 Å². The second-order valence-corrected chi connectivity index (χ2v) is 4.64. The van der Waals surface area contributed by atoms with Crippen molar-refractivity contribution in [3.8, 4) is 0 Å². The second-order valence-electron chi connectivity index (χ2n) is 4.64. The molecule has 0 aliphatic rings. The molecule has 0 aliphatic carbocycles. The predicted octanol–water partition coefficient (Wildman–Crippen LogP) is 1.67. The smallest absolute Gasteiger partial charge is 0.236 e. The molecule has 2 rings (SSSR count). The summed E-state index contributed by atoms with van der Waals surface area (Å²) in [6.45, 7) is 3.38. The third-order valence-electron chi connectivity index (χ3n) is 3.06. The molecule has 1 heterocycles. The predicted molar refractivity (Wildman–Crippen MR) is 77.4 cm³/mol. The lowest BCUT2D eigenvalue weighted by Crippen LogP contribution is -2.42. The third kappa shape index (κ3) is 3.82. The van der Waals surface area contributed by atoms with E-state index in [1.807, 2.05) is 37.3 Å². The van der Waals surface area contributed by atoms with E-state index in [9.17, 15) is 4.79 Å². The molecule has 1 atom stereocenters. The lowest BCUT2D eigenvalue weighted by Gasteiger charge is -2.12. The fourth-order valence-electron chi connectivity index (χ4n) is 1.90. The van der Waals surface area contributed by atoms with Gasteiger partial charge in [0, 0.05) is 19.0 Å². The second kappa shape index (κ2) is 7.07. The summed E-state index contributed by atoms with van der Waals surface area (Å²) in [7, 11) is 1.61. The molecule has 2 N–H and O–H groups in total. The maximum atomic E-state index is 11.8. The van der Waals surface area contributed by atoms with Gasteiger partial charge < -0.3 is 14.5 Å². The lowest BCUT2D eigenvalue weighted by atomic mass is 10.2. The molecule has 0 spiro atoms. The molecule has 5 heteroatoms. The van der Waals surface area contributed by atoms with Gasteiger partial charge in [0.15, 0.2) is 0 Å². The molecule has 1 aromatic carbocycles. The molecule has 2 aromatic rings. The van der Waals surface area contributed by atoms with Gasteiger partial charge in [0.2, 0.25) is 5.91 Å². The van der Waals surface area contributed by atoms with E-state index in [1.165, 1.54) is 0 Å². The zero-order valence-electron chi connectivity index (χ0n) is 11.8. The molecule has 1 aromatic heterocycles. The maximum Gasteiger partial charge on any atom is 0.236 e. The number of carbonyl (C=O) groups is 1. The van der Waals surface area contributed by atoms with Gasteiger partial charge in [-0.05, 0) is 19.1 Å². The van der Waals surface area contributed by atoms with E-state index < -0.39 is 0 Å². The van der Waals surface area contributed by atoms with Crippen molar-refractivity contribution in [1.82, 2.24) is 10.6 Å². The van der Waals surface area contributed by atoms with Crippen LogP contribution in [0.2, 0.25) is 0 Å². The van der Waals surface area contributed by atoms with E-state index in [-0.39, 0.29) is 11.9 Å². The molecule has 108 valence electrons. The highest BCUT2D eigenvalue weighted by Crippen LogP contribution is 2.18. The molecule has 1 amide bonds. The Bertz CT molecular complexity index is 532. The molecule has 0 aliphatic heterocycles. The number of fused-ring (bicyclic) bond motifs is 1. The zero-order chi connectivity index (χ0) is 14.4. The first-order valence-corrected chi connectivity index (χ1v) is 6.68. The fourth-order valence-corrected chi connectivity index (χ4v) is 1.90. The molecule has 0 fully saturated rings. The van der Waals surface area contributed by atoms with Gasteiger partial charge in [-0.3, -0.25) is 10.1 Å². The molecule has 0 saturated heterocycles. The number of para-hydroxylation sites is 1. The molecule has 0 bridgehead atoms. The number of ether oxygens (including phenoxy) is 1. The fraction of sp³-hybridized carbons (Fsp3) is 0.400. The average Bonchev–Trinajstić information content (AvgIpc) is 2.87. The first kappa shape index (κ1) is 14.6. The third-order valence-corrected chi connectivity index (χ3v) is 3.06. The van der Waals surface area contributed by atoms with Crippen LogP contribution in [0.15, 0.2) is 34.7 Å². The Kier molecular flexibility index (Phi) is 5.15. The highest BCUT2D eigenvalue weighted by Gasteiger charge is 2.12. The van der Waals surface area contributed by atoms with Crippen molar-refractivity contribution in [2.75, 3.05) is 20.3 Å². The summed E-state index contributed by atoms with van der Waals surface area (Å²) in [5.41, 5.74) is 0.862. The van der Waals surface area contributed by atoms with Crippen LogP contribution in [-0.2, 0) is 16.1 Å². The Morgan fingerprint density at radius 2 is 2.20 bits per heavy atom. The molecule has 20 heavy (non-hydrogen) atoms. The number of furan rings is 1. The van der Waals surface area contributed by atoms with Gasteiger partial charge in [0.1, 0.15) is 11.3 Å². The number of rotatable bonds is 7. The summed E-state index contributed by atoms with van der Waals surface area (Å²) in [5, 5.41) is 7.00. The summed E-state index contributed by atoms with van der Waals surface area (Å²) in [6.07, 6.45) is 0. The average molecular weight is 276 g/mol. The molecule has 5 nitrogen and oxygen atoms in total. The lowest BCUT2D eigenvalue weighted by molar-refractivity contribution is -0.123. The number of hydrogen-bond donors (Lipinski definition) is 2. The number of methoxy groups -OCH3 is 1. The summed E-state index contributed by atoms with van der Waals surface area (Å²) in [4.78, 5) is 11.8. The Morgan fingerprint density at radius 1 is 1.40 bits per heavy atom. The van der Waals surface area contributed by atoms with Crippen molar-refractivity contribution >= 4 is 16.9 Å². The monoisotopic (exact) mass is 276 g/mol. The summed E-state index contributed by atoms with van der Waals surface area (Å²) < 4.78 is 10.6. The van der Waals surface area contributed by atoms with Crippen LogP contribution in [0.25, 0.3) is 11.0 Å². The molecule has 0 saturated carbocycles. The van der Waals surface area contributed by atoms with E-state index in [0.717, 1.165) is 16.7 Å². The number of carbonyl (C=O) groups excluding carboxylic acids is 1. The first-order chi connectivity index (χ1) is 9.70. The van der Waals surface area contributed by atoms with Crippen LogP contribution in [-0.4, -0.2) is 32.2 Å². The van der Waals surface area contributed by atoms with Crippen molar-refractivity contribution in [1.29, 1.82) is 0 Å². The van der Waals surface area contributed by atoms with Gasteiger partial charge >= 0.3 is 0 Å². The van der Waals surface area contributed by atoms with Crippen molar-refractivity contribution < 1.29 is 13.9 Å². The first-order valence-electron chi connectivity index (χ1n) is 6.68. The van der Waals surface area contributed by atoms with E-state index in [1.54, 1.807) is 7.11 Å². The van der Waals surface area contributed by atoms with E-state index >= 15 is 0 Å². The van der Waals surface area contributed by atoms with Crippen molar-refractivity contribution in [3.05, 3.63) is 36.1 Å². The normalized spacial score (nSPS) is 12.5. The van der Waals surface area contributed by atoms with Crippen LogP contribution in [0.4, 0.5) is 0 Å². The van der Waals surface area contributed by atoms with Crippen molar-refractivity contribution in [3.63, 3.8) is 0 Å². The van der Waals surface area contributed by atoms with E-state index in [2.05, 4.69) is 10.6 Å². The largest absolute Gasteiger partial charge is 0.460 e. The Labute approximate surface area is 118 Å². The Morgan fingerprint density at radius 3 is 2.95 bits per heavy atom. The Balaban J connectivity index is 1.83. The standard InChI is InChI=1S/C15H20N2O3/c1-11(15(18)16-7-8-19-2)17-10-13-9-12-5-3-4-6-14(12)20-13/h3-6,9,11,17H,7-8,10H2,1-2H3,(H,16,18). The summed E-state index contributed by atoms with van der Waals surface area (Å²) >= 11 is 0. The topological polar surface area (TPSA) is 63.5 Å². The quantitative estimate of drug-likeness (QED) is 0.755. The van der Waals surface area contributed by atoms with Gasteiger partial charge in [0.25, 0.3) is 0 Å². The summed E-state index contributed by atoms with van der Waals surface area (Å²) in [6, 6.07) is 9.55. The highest BCUT2D eigenvalue weighted by atomic mass is 16.5. The number of benzene rings is 1. The molecule has 1 unspecified atom stereocenters. The van der Waals surface area contributed by atoms with Gasteiger partial charge in [-0.15, -0.1) is 0 Å². The van der Waals surface area contributed by atoms with Crippen molar-refractivity contribution in [2.45, 2.75) is 19.5 Å². The number of hydrogen-bond acceptors (Lipinski definition) is 4. The molecule has 0 radical (unpaired) electrons. The molecular weight excluding hydrogens is 256 g/mol. The van der Waals surface area contributed by atoms with Gasteiger partial charge in [-0.1, -0.05) is 18.2 Å². The van der Waals surface area contributed by atoms with Gasteiger partial charge in [0.05, 0.1) is 19.2 Å². The summed E-state index contributed by atoms with van der Waals surface area (Å²) in [5.74, 6) is 0.779.